The molecule has 3 saturated heterocycles. The van der Waals surface area contributed by atoms with Crippen LogP contribution in [0.2, 0.25) is 0 Å². The van der Waals surface area contributed by atoms with Gasteiger partial charge in [0.05, 0.1) is 29.7 Å². The van der Waals surface area contributed by atoms with Gasteiger partial charge in [-0.2, -0.15) is 0 Å². The van der Waals surface area contributed by atoms with Crippen LogP contribution < -0.4 is 10.5 Å². The van der Waals surface area contributed by atoms with E-state index in [2.05, 4.69) is 9.80 Å². The summed E-state index contributed by atoms with van der Waals surface area (Å²) in [5.74, 6) is 0.384. The minimum absolute atomic E-state index is 0.00133. The van der Waals surface area contributed by atoms with Crippen LogP contribution in [0.15, 0.2) is 28.0 Å². The Hall–Kier alpha value is -2.31. The number of pyridine rings is 1. The summed E-state index contributed by atoms with van der Waals surface area (Å²) < 4.78 is 7.72. The van der Waals surface area contributed by atoms with E-state index in [-0.39, 0.29) is 24.2 Å². The van der Waals surface area contributed by atoms with Crippen LogP contribution in [0.5, 0.6) is 0 Å². The molecule has 3 aliphatic rings. The molecule has 5 heterocycles. The Morgan fingerprint density at radius 1 is 1.26 bits per heavy atom. The number of carbonyl (C=O) groups excluding carboxylic acids is 1. The van der Waals surface area contributed by atoms with Crippen LogP contribution in [0.1, 0.15) is 24.0 Å². The van der Waals surface area contributed by atoms with Gasteiger partial charge in [0.1, 0.15) is 15.8 Å². The zero-order valence-corrected chi connectivity index (χ0v) is 21.3. The van der Waals surface area contributed by atoms with Gasteiger partial charge in [-0.1, -0.05) is 30.0 Å². The average Bonchev–Trinajstić information content (AvgIpc) is 3.46. The zero-order valence-electron chi connectivity index (χ0n) is 19.7. The van der Waals surface area contributed by atoms with Crippen LogP contribution in [-0.2, 0) is 9.53 Å². The highest BCUT2D eigenvalue weighted by molar-refractivity contribution is 8.26. The molecule has 2 aromatic heterocycles. The number of thiocarbonyl (C=S) groups is 1. The van der Waals surface area contributed by atoms with Crippen molar-refractivity contribution in [1.82, 2.24) is 19.2 Å². The summed E-state index contributed by atoms with van der Waals surface area (Å²) in [6, 6.07) is 3.77. The SMILES string of the molecule is Cc1ccc2nc(N3CCN(CCO)CC3)c(/C=C3\SC(=S)N(C[C@H]4CCCO4)C3=O)c(=O)n2c1. The number of hydrogen-bond donors (Lipinski definition) is 1. The Bertz CT molecular complexity index is 1230. The first kappa shape index (κ1) is 24.4. The lowest BCUT2D eigenvalue weighted by molar-refractivity contribution is -0.123. The number of aromatic nitrogens is 2. The second-order valence-electron chi connectivity index (χ2n) is 9.07. The molecule has 11 heteroatoms. The molecular weight excluding hydrogens is 486 g/mol. The monoisotopic (exact) mass is 515 g/mol. The average molecular weight is 516 g/mol. The van der Waals surface area contributed by atoms with Crippen molar-refractivity contribution in [2.75, 3.05) is 57.4 Å². The number of ether oxygens (including phenoxy) is 1. The van der Waals surface area contributed by atoms with E-state index in [0.717, 1.165) is 31.5 Å². The van der Waals surface area contributed by atoms with Gasteiger partial charge in [0.2, 0.25) is 0 Å². The molecule has 0 aromatic carbocycles. The predicted molar refractivity (Wildman–Crippen MR) is 141 cm³/mol. The van der Waals surface area contributed by atoms with Crippen molar-refractivity contribution >= 4 is 51.7 Å². The number of β-amino-alcohol motifs (C(OH)–C–C–N with tert-alkyl or cyclic N) is 1. The van der Waals surface area contributed by atoms with Crippen molar-refractivity contribution in [3.8, 4) is 0 Å². The number of piperazine rings is 1. The number of carbonyl (C=O) groups is 1. The van der Waals surface area contributed by atoms with E-state index in [1.54, 1.807) is 21.6 Å². The number of aliphatic hydroxyl groups excluding tert-OH is 1. The molecule has 0 radical (unpaired) electrons. The second kappa shape index (κ2) is 10.4. The van der Waals surface area contributed by atoms with E-state index in [9.17, 15) is 14.7 Å². The molecule has 3 aliphatic heterocycles. The first-order valence-corrected chi connectivity index (χ1v) is 13.1. The Morgan fingerprint density at radius 3 is 2.77 bits per heavy atom. The number of nitrogens with zero attached hydrogens (tertiary/aromatic N) is 5. The van der Waals surface area contributed by atoms with Crippen molar-refractivity contribution in [3.63, 3.8) is 0 Å². The quantitative estimate of drug-likeness (QED) is 0.454. The van der Waals surface area contributed by atoms with Crippen molar-refractivity contribution in [1.29, 1.82) is 0 Å². The highest BCUT2D eigenvalue weighted by Gasteiger charge is 2.35. The minimum atomic E-state index is -0.212. The fourth-order valence-electron chi connectivity index (χ4n) is 4.72. The van der Waals surface area contributed by atoms with Crippen molar-refractivity contribution < 1.29 is 14.6 Å². The van der Waals surface area contributed by atoms with Gasteiger partial charge in [-0.25, -0.2) is 4.98 Å². The second-order valence-corrected chi connectivity index (χ2v) is 10.7. The summed E-state index contributed by atoms with van der Waals surface area (Å²) in [4.78, 5) is 38.1. The number of aryl methyl sites for hydroxylation is 1. The smallest absolute Gasteiger partial charge is 0.267 e. The normalized spacial score (nSPS) is 22.8. The first-order valence-electron chi connectivity index (χ1n) is 11.9. The van der Waals surface area contributed by atoms with Gasteiger partial charge >= 0.3 is 0 Å². The number of thioether (sulfide) groups is 1. The largest absolute Gasteiger partial charge is 0.395 e. The predicted octanol–water partition coefficient (Wildman–Crippen LogP) is 1.50. The maximum absolute atomic E-state index is 13.7. The number of amides is 1. The van der Waals surface area contributed by atoms with Crippen LogP contribution >= 0.6 is 24.0 Å². The molecular formula is C24H29N5O4S2. The fraction of sp³-hybridized carbons (Fsp3) is 0.500. The van der Waals surface area contributed by atoms with Gasteiger partial charge in [-0.05, 0) is 37.5 Å². The molecule has 0 saturated carbocycles. The molecule has 186 valence electrons. The summed E-state index contributed by atoms with van der Waals surface area (Å²) in [6.45, 7) is 6.70. The Labute approximate surface area is 213 Å². The van der Waals surface area contributed by atoms with Gasteiger partial charge in [0.15, 0.2) is 0 Å². The van der Waals surface area contributed by atoms with Crippen LogP contribution in [0.4, 0.5) is 5.82 Å². The molecule has 0 bridgehead atoms. The number of anilines is 1. The van der Waals surface area contributed by atoms with Crippen LogP contribution in [-0.4, -0.2) is 93.1 Å². The van der Waals surface area contributed by atoms with Gasteiger partial charge in [-0.15, -0.1) is 0 Å². The molecule has 5 rings (SSSR count). The van der Waals surface area contributed by atoms with E-state index < -0.39 is 0 Å². The lowest BCUT2D eigenvalue weighted by Crippen LogP contribution is -2.48. The molecule has 0 spiro atoms. The summed E-state index contributed by atoms with van der Waals surface area (Å²) in [6.07, 6.45) is 5.33. The van der Waals surface area contributed by atoms with E-state index in [0.29, 0.717) is 59.0 Å². The van der Waals surface area contributed by atoms with Crippen LogP contribution in [0.25, 0.3) is 11.7 Å². The highest BCUT2D eigenvalue weighted by Crippen LogP contribution is 2.34. The van der Waals surface area contributed by atoms with Gasteiger partial charge in [-0.3, -0.25) is 23.8 Å². The molecule has 35 heavy (non-hydrogen) atoms. The maximum atomic E-state index is 13.7. The van der Waals surface area contributed by atoms with E-state index in [4.69, 9.17) is 21.9 Å². The topological polar surface area (TPSA) is 90.6 Å². The third-order valence-corrected chi connectivity index (χ3v) is 8.01. The highest BCUT2D eigenvalue weighted by atomic mass is 32.2. The van der Waals surface area contributed by atoms with Gasteiger partial charge in [0, 0.05) is 45.5 Å². The summed E-state index contributed by atoms with van der Waals surface area (Å²) in [5, 5.41) is 9.26. The number of fused-ring (bicyclic) bond motifs is 1. The van der Waals surface area contributed by atoms with Crippen molar-refractivity contribution in [3.05, 3.63) is 44.7 Å². The molecule has 2 aromatic rings. The first-order chi connectivity index (χ1) is 16.9. The van der Waals surface area contributed by atoms with E-state index in [1.165, 1.54) is 11.8 Å². The Balaban J connectivity index is 1.52. The van der Waals surface area contributed by atoms with Crippen LogP contribution in [0, 0.1) is 6.92 Å². The molecule has 9 nitrogen and oxygen atoms in total. The molecule has 1 atom stereocenters. The Morgan fingerprint density at radius 2 is 2.06 bits per heavy atom. The third kappa shape index (κ3) is 5.01. The Kier molecular flexibility index (Phi) is 7.21. The third-order valence-electron chi connectivity index (χ3n) is 6.63. The van der Waals surface area contributed by atoms with Crippen molar-refractivity contribution in [2.45, 2.75) is 25.9 Å². The fourth-order valence-corrected chi connectivity index (χ4v) is 5.98. The van der Waals surface area contributed by atoms with Crippen molar-refractivity contribution in [2.24, 2.45) is 0 Å². The number of rotatable bonds is 6. The number of hydrogen-bond acceptors (Lipinski definition) is 9. The summed E-state index contributed by atoms with van der Waals surface area (Å²) >= 11 is 6.73. The maximum Gasteiger partial charge on any atom is 0.267 e. The van der Waals surface area contributed by atoms with E-state index in [1.807, 2.05) is 19.1 Å². The molecule has 1 amide bonds. The molecule has 1 N–H and O–H groups in total. The lowest BCUT2D eigenvalue weighted by atomic mass is 10.2. The van der Waals surface area contributed by atoms with Gasteiger partial charge < -0.3 is 14.7 Å². The summed E-state index contributed by atoms with van der Waals surface area (Å²) in [5.41, 5.74) is 1.69. The molecule has 0 aliphatic carbocycles. The van der Waals surface area contributed by atoms with Gasteiger partial charge in [0.25, 0.3) is 11.5 Å². The number of aliphatic hydroxyl groups is 1. The minimum Gasteiger partial charge on any atom is -0.395 e. The summed E-state index contributed by atoms with van der Waals surface area (Å²) in [7, 11) is 0. The molecule has 3 fully saturated rings. The van der Waals surface area contributed by atoms with E-state index >= 15 is 0 Å². The van der Waals surface area contributed by atoms with Crippen LogP contribution in [0.3, 0.4) is 0 Å². The lowest BCUT2D eigenvalue weighted by Gasteiger charge is -2.35. The zero-order chi connectivity index (χ0) is 24.5. The molecule has 0 unspecified atom stereocenters. The standard InChI is InChI=1S/C24H29N5O4S2/c1-16-4-5-20-25-21(27-8-6-26(7-9-27)10-11-30)18(22(31)28(20)14-16)13-19-23(32)29(24(34)35-19)15-17-3-2-12-33-17/h4-5,13-14,17,30H,2-3,6-12,15H2,1H3/b19-13-/t17-/m1/s1.